The number of aliphatic hydroxyl groups excluding tert-OH is 1. The summed E-state index contributed by atoms with van der Waals surface area (Å²) in [4.78, 5) is 34.0. The van der Waals surface area contributed by atoms with Crippen LogP contribution in [0.2, 0.25) is 0 Å². The molecule has 1 aliphatic heterocycles. The maximum absolute atomic E-state index is 12.6. The van der Waals surface area contributed by atoms with E-state index in [0.717, 1.165) is 19.5 Å². The first-order chi connectivity index (χ1) is 15.3. The molecule has 2 amide bonds. The van der Waals surface area contributed by atoms with Gasteiger partial charge in [0.25, 0.3) is 5.91 Å². The number of rotatable bonds is 9. The number of aliphatic hydroxyl groups is 1. The predicted octanol–water partition coefficient (Wildman–Crippen LogP) is 1.15. The van der Waals surface area contributed by atoms with Crippen molar-refractivity contribution in [3.8, 4) is 0 Å². The number of hydrogen-bond donors (Lipinski definition) is 2. The molecular formula is C24H33N5O3. The normalized spacial score (nSPS) is 14.4. The van der Waals surface area contributed by atoms with Crippen molar-refractivity contribution < 1.29 is 14.7 Å². The molecule has 1 aliphatic rings. The molecule has 1 aromatic carbocycles. The first kappa shape index (κ1) is 23.7. The molecular weight excluding hydrogens is 406 g/mol. The maximum atomic E-state index is 12.6. The van der Waals surface area contributed by atoms with Crippen molar-refractivity contribution in [3.63, 3.8) is 0 Å². The molecule has 8 nitrogen and oxygen atoms in total. The van der Waals surface area contributed by atoms with Crippen LogP contribution in [0.3, 0.4) is 0 Å². The molecule has 32 heavy (non-hydrogen) atoms. The summed E-state index contributed by atoms with van der Waals surface area (Å²) in [6.45, 7) is 5.13. The van der Waals surface area contributed by atoms with Gasteiger partial charge in [-0.05, 0) is 29.7 Å². The van der Waals surface area contributed by atoms with Crippen LogP contribution in [-0.2, 0) is 17.8 Å². The van der Waals surface area contributed by atoms with Gasteiger partial charge in [0.1, 0.15) is 5.82 Å². The summed E-state index contributed by atoms with van der Waals surface area (Å²) in [6, 6.07) is 11.8. The maximum Gasteiger partial charge on any atom is 0.251 e. The molecule has 0 saturated heterocycles. The molecule has 0 saturated carbocycles. The Morgan fingerprint density at radius 1 is 1.19 bits per heavy atom. The number of anilines is 1. The molecule has 0 aliphatic carbocycles. The summed E-state index contributed by atoms with van der Waals surface area (Å²) in [7, 11) is 3.62. The molecule has 2 aromatic rings. The second kappa shape index (κ2) is 11.1. The van der Waals surface area contributed by atoms with E-state index in [1.54, 1.807) is 30.3 Å². The number of likely N-dealkylation sites (N-methyl/N-ethyl adjacent to an activating group) is 2. The Labute approximate surface area is 189 Å². The summed E-state index contributed by atoms with van der Waals surface area (Å²) in [5.41, 5.74) is 3.16. The summed E-state index contributed by atoms with van der Waals surface area (Å²) in [5.74, 6) is 0.417. The number of nitrogens with zero attached hydrogens (tertiary/aromatic N) is 4. The van der Waals surface area contributed by atoms with E-state index in [1.165, 1.54) is 18.1 Å². The number of nitrogens with one attached hydrogen (secondary N) is 1. The van der Waals surface area contributed by atoms with E-state index in [2.05, 4.69) is 33.4 Å². The summed E-state index contributed by atoms with van der Waals surface area (Å²) in [5, 5.41) is 13.3. The van der Waals surface area contributed by atoms with E-state index in [4.69, 9.17) is 0 Å². The third kappa shape index (κ3) is 6.51. The monoisotopic (exact) mass is 439 g/mol. The van der Waals surface area contributed by atoms with E-state index < -0.39 is 6.10 Å². The molecule has 8 heteroatoms. The van der Waals surface area contributed by atoms with Crippen molar-refractivity contribution in [3.05, 3.63) is 59.3 Å². The summed E-state index contributed by atoms with van der Waals surface area (Å²) >= 11 is 0. The lowest BCUT2D eigenvalue weighted by molar-refractivity contribution is -0.127. The van der Waals surface area contributed by atoms with E-state index in [1.807, 2.05) is 18.0 Å². The van der Waals surface area contributed by atoms with Crippen molar-refractivity contribution in [1.82, 2.24) is 20.1 Å². The minimum absolute atomic E-state index is 0.00630. The Bertz CT molecular complexity index is 935. The minimum atomic E-state index is -0.643. The Kier molecular flexibility index (Phi) is 8.19. The molecule has 2 heterocycles. The lowest BCUT2D eigenvalue weighted by Gasteiger charge is -2.30. The fourth-order valence-electron chi connectivity index (χ4n) is 3.73. The highest BCUT2D eigenvalue weighted by atomic mass is 16.3. The number of fused-ring (bicyclic) bond motifs is 1. The highest BCUT2D eigenvalue weighted by Gasteiger charge is 2.19. The van der Waals surface area contributed by atoms with Crippen molar-refractivity contribution in [1.29, 1.82) is 0 Å². The van der Waals surface area contributed by atoms with Crippen LogP contribution in [0.5, 0.6) is 0 Å². The van der Waals surface area contributed by atoms with Gasteiger partial charge in [0, 0.05) is 72.0 Å². The minimum Gasteiger partial charge on any atom is -0.390 e. The average molecular weight is 440 g/mol. The highest BCUT2D eigenvalue weighted by Crippen LogP contribution is 2.18. The van der Waals surface area contributed by atoms with Gasteiger partial charge in [0.15, 0.2) is 0 Å². The summed E-state index contributed by atoms with van der Waals surface area (Å²) < 4.78 is 0. The lowest BCUT2D eigenvalue weighted by atomic mass is 10.00. The van der Waals surface area contributed by atoms with Gasteiger partial charge in [-0.25, -0.2) is 4.98 Å². The molecule has 3 rings (SSSR count). The average Bonchev–Trinajstić information content (AvgIpc) is 2.80. The number of β-amino-alcohol motifs (C(OH)–C–C–N with tert-alkyl or cyclic N) is 1. The molecule has 1 aromatic heterocycles. The van der Waals surface area contributed by atoms with E-state index >= 15 is 0 Å². The largest absolute Gasteiger partial charge is 0.390 e. The van der Waals surface area contributed by atoms with Crippen molar-refractivity contribution in [2.75, 3.05) is 51.7 Å². The van der Waals surface area contributed by atoms with Crippen LogP contribution in [0.15, 0.2) is 42.6 Å². The van der Waals surface area contributed by atoms with Crippen LogP contribution >= 0.6 is 0 Å². The topological polar surface area (TPSA) is 89.0 Å². The first-order valence-corrected chi connectivity index (χ1v) is 11.0. The van der Waals surface area contributed by atoms with Gasteiger partial charge in [-0.3, -0.25) is 14.5 Å². The molecule has 172 valence electrons. The Balaban J connectivity index is 1.47. The van der Waals surface area contributed by atoms with Gasteiger partial charge in [-0.15, -0.1) is 0 Å². The van der Waals surface area contributed by atoms with Gasteiger partial charge in [0.2, 0.25) is 5.91 Å². The molecule has 1 unspecified atom stereocenters. The number of pyridine rings is 1. The Morgan fingerprint density at radius 2 is 1.94 bits per heavy atom. The zero-order chi connectivity index (χ0) is 23.1. The van der Waals surface area contributed by atoms with E-state index in [0.29, 0.717) is 31.0 Å². The number of aromatic nitrogens is 1. The number of hydrogen-bond acceptors (Lipinski definition) is 6. The van der Waals surface area contributed by atoms with Crippen molar-refractivity contribution in [2.24, 2.45) is 0 Å². The molecule has 0 fully saturated rings. The van der Waals surface area contributed by atoms with Gasteiger partial charge in [0.05, 0.1) is 6.10 Å². The third-order valence-electron chi connectivity index (χ3n) is 5.88. The molecule has 0 spiro atoms. The first-order valence-electron chi connectivity index (χ1n) is 11.0. The van der Waals surface area contributed by atoms with Crippen LogP contribution in [0.1, 0.15) is 28.4 Å². The SMILES string of the molecule is CC(=O)N(C)CCN(C)c1cc(C(=O)NCC(O)CN2CCc3ccccc3C2)ccn1. The Hall–Kier alpha value is -2.97. The molecule has 2 N–H and O–H groups in total. The number of amides is 2. The third-order valence-corrected chi connectivity index (χ3v) is 5.88. The van der Waals surface area contributed by atoms with Crippen molar-refractivity contribution in [2.45, 2.75) is 26.0 Å². The number of benzene rings is 1. The van der Waals surface area contributed by atoms with E-state index in [9.17, 15) is 14.7 Å². The van der Waals surface area contributed by atoms with Crippen LogP contribution in [-0.4, -0.2) is 84.6 Å². The smallest absolute Gasteiger partial charge is 0.251 e. The predicted molar refractivity (Wildman–Crippen MR) is 125 cm³/mol. The zero-order valence-electron chi connectivity index (χ0n) is 19.1. The van der Waals surface area contributed by atoms with Crippen LogP contribution in [0, 0.1) is 0 Å². The van der Waals surface area contributed by atoms with Crippen LogP contribution in [0.25, 0.3) is 0 Å². The zero-order valence-corrected chi connectivity index (χ0v) is 19.1. The van der Waals surface area contributed by atoms with Crippen LogP contribution in [0.4, 0.5) is 5.82 Å². The molecule has 1 atom stereocenters. The van der Waals surface area contributed by atoms with Crippen molar-refractivity contribution >= 4 is 17.6 Å². The highest BCUT2D eigenvalue weighted by molar-refractivity contribution is 5.94. The lowest BCUT2D eigenvalue weighted by Crippen LogP contribution is -2.42. The standard InChI is InChI=1S/C24H33N5O3/c1-18(30)27(2)12-13-28(3)23-14-20(8-10-25-23)24(32)26-15-22(31)17-29-11-9-19-6-4-5-7-21(19)16-29/h4-8,10,14,22,31H,9,11-13,15-17H2,1-3H3,(H,26,32). The van der Waals surface area contributed by atoms with Crippen LogP contribution < -0.4 is 10.2 Å². The van der Waals surface area contributed by atoms with E-state index in [-0.39, 0.29) is 18.4 Å². The molecule has 0 radical (unpaired) electrons. The van der Waals surface area contributed by atoms with Gasteiger partial charge >= 0.3 is 0 Å². The quantitative estimate of drug-likeness (QED) is 0.609. The summed E-state index contributed by atoms with van der Waals surface area (Å²) in [6.07, 6.45) is 1.93. The van der Waals surface area contributed by atoms with Gasteiger partial charge < -0.3 is 20.2 Å². The second-order valence-corrected chi connectivity index (χ2v) is 8.38. The van der Waals surface area contributed by atoms with Gasteiger partial charge in [-0.2, -0.15) is 0 Å². The fraction of sp³-hybridized carbons (Fsp3) is 0.458. The molecule has 0 bridgehead atoms. The second-order valence-electron chi connectivity index (χ2n) is 8.38. The Morgan fingerprint density at radius 3 is 2.69 bits per heavy atom. The number of carbonyl (C=O) groups is 2. The number of carbonyl (C=O) groups excluding carboxylic acids is 2. The van der Waals surface area contributed by atoms with Gasteiger partial charge in [-0.1, -0.05) is 24.3 Å². The fourth-order valence-corrected chi connectivity index (χ4v) is 3.73.